The molecule has 1 aromatic heterocycles. The minimum atomic E-state index is 0.0298. The van der Waals surface area contributed by atoms with Crippen molar-refractivity contribution < 1.29 is 4.79 Å². The fourth-order valence-electron chi connectivity index (χ4n) is 2.80. The van der Waals surface area contributed by atoms with Gasteiger partial charge in [-0.25, -0.2) is 9.97 Å². The van der Waals surface area contributed by atoms with E-state index in [-0.39, 0.29) is 5.91 Å². The Morgan fingerprint density at radius 1 is 1.09 bits per heavy atom. The van der Waals surface area contributed by atoms with E-state index in [1.165, 1.54) is 0 Å². The summed E-state index contributed by atoms with van der Waals surface area (Å²) in [5.74, 6) is 1.74. The summed E-state index contributed by atoms with van der Waals surface area (Å²) in [4.78, 5) is 25.4. The second-order valence-corrected chi connectivity index (χ2v) is 6.14. The van der Waals surface area contributed by atoms with Crippen LogP contribution in [-0.2, 0) is 0 Å². The maximum atomic E-state index is 12.5. The lowest BCUT2D eigenvalue weighted by molar-refractivity contribution is 0.0746. The van der Waals surface area contributed by atoms with Gasteiger partial charge in [0.05, 0.1) is 0 Å². The molecular weight excluding hydrogens is 312 g/mol. The molecule has 0 bridgehead atoms. The van der Waals surface area contributed by atoms with Gasteiger partial charge >= 0.3 is 0 Å². The van der Waals surface area contributed by atoms with Crippen molar-refractivity contribution in [2.75, 3.05) is 31.1 Å². The van der Waals surface area contributed by atoms with Crippen LogP contribution in [0.3, 0.4) is 0 Å². The summed E-state index contributed by atoms with van der Waals surface area (Å²) < 4.78 is 0. The Hall–Kier alpha value is -2.14. The summed E-state index contributed by atoms with van der Waals surface area (Å²) in [5, 5.41) is 0.585. The third-order valence-electron chi connectivity index (χ3n) is 3.91. The van der Waals surface area contributed by atoms with Gasteiger partial charge in [0, 0.05) is 48.5 Å². The van der Waals surface area contributed by atoms with Gasteiger partial charge in [0.25, 0.3) is 5.91 Å². The van der Waals surface area contributed by atoms with E-state index in [1.54, 1.807) is 24.3 Å². The highest BCUT2D eigenvalue weighted by Gasteiger charge is 2.23. The van der Waals surface area contributed by atoms with E-state index in [9.17, 15) is 4.79 Å². The second-order valence-electron chi connectivity index (χ2n) is 5.70. The van der Waals surface area contributed by atoms with Gasteiger partial charge < -0.3 is 9.80 Å². The minimum Gasteiger partial charge on any atom is -0.353 e. The third kappa shape index (κ3) is 3.62. The number of hydrogen-bond acceptors (Lipinski definition) is 4. The fraction of sp³-hybridized carbons (Fsp3) is 0.353. The molecule has 0 radical (unpaired) electrons. The first-order chi connectivity index (χ1) is 11.0. The Balaban J connectivity index is 1.67. The summed E-state index contributed by atoms with van der Waals surface area (Å²) in [5.41, 5.74) is 1.60. The van der Waals surface area contributed by atoms with E-state index in [0.29, 0.717) is 23.7 Å². The highest BCUT2D eigenvalue weighted by molar-refractivity contribution is 6.30. The van der Waals surface area contributed by atoms with Crippen molar-refractivity contribution in [3.8, 4) is 0 Å². The average molecular weight is 331 g/mol. The standard InChI is InChI=1S/C17H19ClN4O/c1-12-10-16(20-13(2)19-12)21-6-8-22(9-7-21)17(23)14-4-3-5-15(18)11-14/h3-5,10-11H,6-9H2,1-2H3. The highest BCUT2D eigenvalue weighted by atomic mass is 35.5. The number of benzene rings is 1. The van der Waals surface area contributed by atoms with Crippen LogP contribution >= 0.6 is 11.6 Å². The van der Waals surface area contributed by atoms with E-state index in [4.69, 9.17) is 11.6 Å². The van der Waals surface area contributed by atoms with Gasteiger partial charge in [-0.15, -0.1) is 0 Å². The zero-order chi connectivity index (χ0) is 16.4. The predicted octanol–water partition coefficient (Wildman–Crippen LogP) is 2.71. The lowest BCUT2D eigenvalue weighted by Gasteiger charge is -2.35. The first kappa shape index (κ1) is 15.7. The van der Waals surface area contributed by atoms with Gasteiger partial charge in [0.2, 0.25) is 0 Å². The zero-order valence-electron chi connectivity index (χ0n) is 13.3. The van der Waals surface area contributed by atoms with Crippen molar-refractivity contribution in [3.05, 3.63) is 52.4 Å². The summed E-state index contributed by atoms with van der Waals surface area (Å²) in [6.45, 7) is 6.75. The van der Waals surface area contributed by atoms with Crippen molar-refractivity contribution >= 4 is 23.3 Å². The largest absolute Gasteiger partial charge is 0.353 e. The zero-order valence-corrected chi connectivity index (χ0v) is 14.0. The maximum absolute atomic E-state index is 12.5. The lowest BCUT2D eigenvalue weighted by atomic mass is 10.2. The maximum Gasteiger partial charge on any atom is 0.254 e. The van der Waals surface area contributed by atoms with Crippen molar-refractivity contribution in [2.45, 2.75) is 13.8 Å². The van der Waals surface area contributed by atoms with Gasteiger partial charge in [-0.1, -0.05) is 17.7 Å². The molecule has 1 fully saturated rings. The quantitative estimate of drug-likeness (QED) is 0.849. The molecule has 3 rings (SSSR count). The number of carbonyl (C=O) groups is 1. The molecule has 0 atom stereocenters. The monoisotopic (exact) mass is 330 g/mol. The number of nitrogens with zero attached hydrogens (tertiary/aromatic N) is 4. The summed E-state index contributed by atoms with van der Waals surface area (Å²) >= 11 is 5.97. The van der Waals surface area contributed by atoms with Crippen LogP contribution in [0.5, 0.6) is 0 Å². The predicted molar refractivity (Wildman–Crippen MR) is 91.1 cm³/mol. The van der Waals surface area contributed by atoms with Gasteiger partial charge in [0.1, 0.15) is 11.6 Å². The Bertz CT molecular complexity index is 706. The molecule has 1 amide bonds. The Morgan fingerprint density at radius 2 is 1.83 bits per heavy atom. The molecule has 1 aliphatic rings. The van der Waals surface area contributed by atoms with E-state index >= 15 is 0 Å². The van der Waals surface area contributed by atoms with Crippen LogP contribution in [0.4, 0.5) is 5.82 Å². The molecule has 1 saturated heterocycles. The van der Waals surface area contributed by atoms with Crippen LogP contribution in [0.25, 0.3) is 0 Å². The number of amides is 1. The van der Waals surface area contributed by atoms with E-state index < -0.39 is 0 Å². The first-order valence-electron chi connectivity index (χ1n) is 7.65. The molecule has 6 heteroatoms. The number of aromatic nitrogens is 2. The Kier molecular flexibility index (Phi) is 4.48. The molecule has 1 aliphatic heterocycles. The molecule has 120 valence electrons. The number of halogens is 1. The number of rotatable bonds is 2. The average Bonchev–Trinajstić information content (AvgIpc) is 2.53. The van der Waals surface area contributed by atoms with Crippen LogP contribution in [0.1, 0.15) is 21.9 Å². The number of aryl methyl sites for hydroxylation is 2. The molecule has 23 heavy (non-hydrogen) atoms. The number of anilines is 1. The summed E-state index contributed by atoms with van der Waals surface area (Å²) in [6.07, 6.45) is 0. The SMILES string of the molecule is Cc1cc(N2CCN(C(=O)c3cccc(Cl)c3)CC2)nc(C)n1. The van der Waals surface area contributed by atoms with E-state index in [1.807, 2.05) is 24.8 Å². The molecule has 0 unspecified atom stereocenters. The fourth-order valence-corrected chi connectivity index (χ4v) is 2.99. The Morgan fingerprint density at radius 3 is 2.48 bits per heavy atom. The second kappa shape index (κ2) is 6.54. The molecule has 0 spiro atoms. The highest BCUT2D eigenvalue weighted by Crippen LogP contribution is 2.17. The van der Waals surface area contributed by atoms with E-state index in [0.717, 1.165) is 30.4 Å². The van der Waals surface area contributed by atoms with Gasteiger partial charge in [0.15, 0.2) is 0 Å². The van der Waals surface area contributed by atoms with Gasteiger partial charge in [-0.05, 0) is 32.0 Å². The van der Waals surface area contributed by atoms with E-state index in [2.05, 4.69) is 14.9 Å². The van der Waals surface area contributed by atoms with Crippen molar-refractivity contribution in [2.24, 2.45) is 0 Å². The minimum absolute atomic E-state index is 0.0298. The van der Waals surface area contributed by atoms with Crippen LogP contribution in [0, 0.1) is 13.8 Å². The van der Waals surface area contributed by atoms with Crippen molar-refractivity contribution in [1.29, 1.82) is 0 Å². The molecule has 1 aromatic carbocycles. The van der Waals surface area contributed by atoms with Gasteiger partial charge in [-0.2, -0.15) is 0 Å². The summed E-state index contributed by atoms with van der Waals surface area (Å²) in [7, 11) is 0. The molecule has 2 aromatic rings. The topological polar surface area (TPSA) is 49.3 Å². The number of carbonyl (C=O) groups excluding carboxylic acids is 1. The molecule has 0 aliphatic carbocycles. The van der Waals surface area contributed by atoms with Crippen molar-refractivity contribution in [3.63, 3.8) is 0 Å². The number of piperazine rings is 1. The van der Waals surface area contributed by atoms with Crippen LogP contribution in [0.15, 0.2) is 30.3 Å². The smallest absolute Gasteiger partial charge is 0.254 e. The van der Waals surface area contributed by atoms with Crippen LogP contribution in [0.2, 0.25) is 5.02 Å². The van der Waals surface area contributed by atoms with Crippen LogP contribution < -0.4 is 4.90 Å². The van der Waals surface area contributed by atoms with Crippen molar-refractivity contribution in [1.82, 2.24) is 14.9 Å². The third-order valence-corrected chi connectivity index (χ3v) is 4.15. The van der Waals surface area contributed by atoms with Gasteiger partial charge in [-0.3, -0.25) is 4.79 Å². The van der Waals surface area contributed by atoms with Crippen LogP contribution in [-0.4, -0.2) is 47.0 Å². The molecule has 0 N–H and O–H groups in total. The first-order valence-corrected chi connectivity index (χ1v) is 8.03. The number of hydrogen-bond donors (Lipinski definition) is 0. The normalized spacial score (nSPS) is 14.9. The Labute approximate surface area is 140 Å². The molecular formula is C17H19ClN4O. The lowest BCUT2D eigenvalue weighted by Crippen LogP contribution is -2.49. The molecule has 2 heterocycles. The molecule has 5 nitrogen and oxygen atoms in total. The molecule has 0 saturated carbocycles. The summed E-state index contributed by atoms with van der Waals surface area (Å²) in [6, 6.07) is 9.08.